The van der Waals surface area contributed by atoms with Crippen LogP contribution in [-0.4, -0.2) is 23.3 Å². The highest BCUT2D eigenvalue weighted by atomic mass is 19.1. The molecule has 0 aromatic heterocycles. The summed E-state index contributed by atoms with van der Waals surface area (Å²) in [6, 6.07) is 4.10. The Morgan fingerprint density at radius 1 is 1.44 bits per heavy atom. The predicted molar refractivity (Wildman–Crippen MR) is 69.1 cm³/mol. The van der Waals surface area contributed by atoms with Gasteiger partial charge in [-0.1, -0.05) is 6.07 Å². The molecule has 0 radical (unpaired) electrons. The first-order valence-electron chi connectivity index (χ1n) is 5.80. The lowest BCUT2D eigenvalue weighted by Gasteiger charge is -2.25. The van der Waals surface area contributed by atoms with Crippen LogP contribution >= 0.6 is 0 Å². The maximum Gasteiger partial charge on any atom is 0.319 e. The van der Waals surface area contributed by atoms with Gasteiger partial charge in [-0.2, -0.15) is 0 Å². The molecule has 0 aliphatic carbocycles. The van der Waals surface area contributed by atoms with E-state index in [1.54, 1.807) is 26.8 Å². The fraction of sp³-hybridized carbons (Fsp3) is 0.462. The van der Waals surface area contributed by atoms with E-state index in [-0.39, 0.29) is 12.3 Å². The molecule has 3 N–H and O–H groups in total. The molecule has 2 amide bonds. The molecule has 0 aliphatic rings. The first-order valence-corrected chi connectivity index (χ1v) is 5.80. The Balaban J connectivity index is 2.65. The van der Waals surface area contributed by atoms with Crippen LogP contribution in [0.3, 0.4) is 0 Å². The van der Waals surface area contributed by atoms with Gasteiger partial charge in [0.1, 0.15) is 5.82 Å². The van der Waals surface area contributed by atoms with Crippen LogP contribution in [0, 0.1) is 12.7 Å². The molecule has 100 valence electrons. The zero-order valence-corrected chi connectivity index (χ0v) is 10.9. The molecule has 0 unspecified atom stereocenters. The van der Waals surface area contributed by atoms with E-state index in [0.717, 1.165) is 5.56 Å². The van der Waals surface area contributed by atoms with E-state index in [1.807, 2.05) is 0 Å². The third-order valence-electron chi connectivity index (χ3n) is 2.56. The summed E-state index contributed by atoms with van der Waals surface area (Å²) in [6.07, 6.45) is 0.427. The van der Waals surface area contributed by atoms with Crippen molar-refractivity contribution in [1.29, 1.82) is 0 Å². The van der Waals surface area contributed by atoms with E-state index in [4.69, 9.17) is 5.11 Å². The summed E-state index contributed by atoms with van der Waals surface area (Å²) in [4.78, 5) is 11.7. The molecular weight excluding hydrogens is 235 g/mol. The molecule has 0 saturated carbocycles. The molecule has 5 heteroatoms. The summed E-state index contributed by atoms with van der Waals surface area (Å²) < 4.78 is 13.5. The molecule has 0 bridgehead atoms. The van der Waals surface area contributed by atoms with Gasteiger partial charge in [-0.15, -0.1) is 0 Å². The highest BCUT2D eigenvalue weighted by Crippen LogP contribution is 2.15. The van der Waals surface area contributed by atoms with Crippen molar-refractivity contribution in [1.82, 2.24) is 5.32 Å². The van der Waals surface area contributed by atoms with Gasteiger partial charge in [-0.3, -0.25) is 0 Å². The summed E-state index contributed by atoms with van der Waals surface area (Å²) in [6.45, 7) is 5.33. The van der Waals surface area contributed by atoms with Crippen LogP contribution in [0.5, 0.6) is 0 Å². The number of anilines is 1. The summed E-state index contributed by atoms with van der Waals surface area (Å²) in [5.74, 6) is -0.467. The molecule has 0 aliphatic heterocycles. The second-order valence-electron chi connectivity index (χ2n) is 4.92. The molecule has 0 atom stereocenters. The zero-order valence-electron chi connectivity index (χ0n) is 10.9. The van der Waals surface area contributed by atoms with E-state index in [1.165, 1.54) is 12.1 Å². The minimum absolute atomic E-state index is 0.0217. The molecule has 1 aromatic carbocycles. The lowest BCUT2D eigenvalue weighted by molar-refractivity contribution is 0.218. The molecular formula is C13H19FN2O2. The minimum Gasteiger partial charge on any atom is -0.396 e. The van der Waals surface area contributed by atoms with Gasteiger partial charge in [0.15, 0.2) is 0 Å². The predicted octanol–water partition coefficient (Wildman–Crippen LogP) is 2.42. The van der Waals surface area contributed by atoms with Crippen molar-refractivity contribution in [3.8, 4) is 0 Å². The monoisotopic (exact) mass is 254 g/mol. The van der Waals surface area contributed by atoms with Crippen molar-refractivity contribution < 1.29 is 14.3 Å². The van der Waals surface area contributed by atoms with Gasteiger partial charge >= 0.3 is 6.03 Å². The van der Waals surface area contributed by atoms with Crippen LogP contribution in [-0.2, 0) is 0 Å². The average Bonchev–Trinajstić information content (AvgIpc) is 2.21. The van der Waals surface area contributed by atoms with Crippen molar-refractivity contribution in [2.45, 2.75) is 32.7 Å². The van der Waals surface area contributed by atoms with Crippen molar-refractivity contribution >= 4 is 11.7 Å². The van der Waals surface area contributed by atoms with Gasteiger partial charge in [-0.25, -0.2) is 9.18 Å². The van der Waals surface area contributed by atoms with Crippen LogP contribution in [0.25, 0.3) is 0 Å². The van der Waals surface area contributed by atoms with E-state index in [2.05, 4.69) is 10.6 Å². The molecule has 1 rings (SSSR count). The fourth-order valence-corrected chi connectivity index (χ4v) is 1.52. The smallest absolute Gasteiger partial charge is 0.319 e. The number of halogens is 1. The van der Waals surface area contributed by atoms with Gasteiger partial charge < -0.3 is 15.7 Å². The number of hydrogen-bond acceptors (Lipinski definition) is 2. The molecule has 0 fully saturated rings. The molecule has 0 spiro atoms. The Morgan fingerprint density at radius 3 is 2.67 bits per heavy atom. The van der Waals surface area contributed by atoms with Crippen LogP contribution in [0.15, 0.2) is 18.2 Å². The van der Waals surface area contributed by atoms with Gasteiger partial charge in [0, 0.05) is 12.1 Å². The lowest BCUT2D eigenvalue weighted by Crippen LogP contribution is -2.46. The Labute approximate surface area is 106 Å². The second kappa shape index (κ2) is 5.82. The molecule has 18 heavy (non-hydrogen) atoms. The Morgan fingerprint density at radius 2 is 2.11 bits per heavy atom. The van der Waals surface area contributed by atoms with Gasteiger partial charge in [0.05, 0.1) is 5.69 Å². The summed E-state index contributed by atoms with van der Waals surface area (Å²) >= 11 is 0. The van der Waals surface area contributed by atoms with Crippen LogP contribution in [0.2, 0.25) is 0 Å². The first-order chi connectivity index (χ1) is 8.34. The summed E-state index contributed by atoms with van der Waals surface area (Å²) in [7, 11) is 0. The Bertz CT molecular complexity index is 433. The van der Waals surface area contributed by atoms with Gasteiger partial charge in [-0.05, 0) is 44.9 Å². The van der Waals surface area contributed by atoms with E-state index < -0.39 is 17.4 Å². The number of aliphatic hydroxyl groups is 1. The Hall–Kier alpha value is -1.62. The normalized spacial score (nSPS) is 11.2. The summed E-state index contributed by atoms with van der Waals surface area (Å²) in [5, 5.41) is 14.0. The number of amides is 2. The Kier molecular flexibility index (Phi) is 4.67. The number of benzene rings is 1. The highest BCUT2D eigenvalue weighted by Gasteiger charge is 2.20. The number of carbonyl (C=O) groups is 1. The number of nitrogens with one attached hydrogen (secondary N) is 2. The second-order valence-corrected chi connectivity index (χ2v) is 4.92. The third kappa shape index (κ3) is 4.33. The fourth-order valence-electron chi connectivity index (χ4n) is 1.52. The summed E-state index contributed by atoms with van der Waals surface area (Å²) in [5.41, 5.74) is 0.386. The molecule has 4 nitrogen and oxygen atoms in total. The first kappa shape index (κ1) is 14.4. The third-order valence-corrected chi connectivity index (χ3v) is 2.56. The van der Waals surface area contributed by atoms with E-state index >= 15 is 0 Å². The number of urea groups is 1. The number of aryl methyl sites for hydroxylation is 1. The maximum absolute atomic E-state index is 13.5. The largest absolute Gasteiger partial charge is 0.396 e. The molecule has 0 saturated heterocycles. The van der Waals surface area contributed by atoms with E-state index in [9.17, 15) is 9.18 Å². The standard InChI is InChI=1S/C13H19FN2O2/c1-9-4-5-11(10(14)8-9)15-12(18)16-13(2,3)6-7-17/h4-5,8,17H,6-7H2,1-3H3,(H2,15,16,18). The van der Waals surface area contributed by atoms with Crippen molar-refractivity contribution in [3.05, 3.63) is 29.6 Å². The minimum atomic E-state index is -0.542. The molecule has 1 aromatic rings. The number of hydrogen-bond donors (Lipinski definition) is 3. The highest BCUT2D eigenvalue weighted by molar-refractivity contribution is 5.89. The number of aliphatic hydroxyl groups excluding tert-OH is 1. The van der Waals surface area contributed by atoms with Gasteiger partial charge in [0.2, 0.25) is 0 Å². The average molecular weight is 254 g/mol. The van der Waals surface area contributed by atoms with Crippen LogP contribution in [0.4, 0.5) is 14.9 Å². The maximum atomic E-state index is 13.5. The zero-order chi connectivity index (χ0) is 13.8. The topological polar surface area (TPSA) is 61.4 Å². The number of carbonyl (C=O) groups excluding carboxylic acids is 1. The number of rotatable bonds is 4. The lowest BCUT2D eigenvalue weighted by atomic mass is 10.0. The van der Waals surface area contributed by atoms with Crippen molar-refractivity contribution in [3.63, 3.8) is 0 Å². The van der Waals surface area contributed by atoms with E-state index in [0.29, 0.717) is 6.42 Å². The van der Waals surface area contributed by atoms with Gasteiger partial charge in [0.25, 0.3) is 0 Å². The SMILES string of the molecule is Cc1ccc(NC(=O)NC(C)(C)CCO)c(F)c1. The van der Waals surface area contributed by atoms with Crippen LogP contribution < -0.4 is 10.6 Å². The van der Waals surface area contributed by atoms with Crippen molar-refractivity contribution in [2.75, 3.05) is 11.9 Å². The molecule has 0 heterocycles. The quantitative estimate of drug-likeness (QED) is 0.772. The van der Waals surface area contributed by atoms with Crippen LogP contribution in [0.1, 0.15) is 25.8 Å². The van der Waals surface area contributed by atoms with Crippen molar-refractivity contribution in [2.24, 2.45) is 0 Å².